The third-order valence-corrected chi connectivity index (χ3v) is 4.97. The first kappa shape index (κ1) is 12.7. The van der Waals surface area contributed by atoms with Crippen LogP contribution in [0.1, 0.15) is 36.2 Å². The molecular weight excluding hydrogens is 256 g/mol. The summed E-state index contributed by atoms with van der Waals surface area (Å²) in [6.07, 6.45) is 6.92. The second-order valence-corrected chi connectivity index (χ2v) is 6.19. The number of nitrogens with zero attached hydrogens (tertiary/aromatic N) is 1. The number of nitrogens with one attached hydrogen (secondary N) is 1. The maximum Gasteiger partial charge on any atom is 0.355 e. The topological polar surface area (TPSA) is 62.2 Å². The summed E-state index contributed by atoms with van der Waals surface area (Å²) in [7, 11) is 0. The van der Waals surface area contributed by atoms with Gasteiger partial charge in [-0.25, -0.2) is 9.78 Å². The van der Waals surface area contributed by atoms with Crippen LogP contribution < -0.4 is 5.32 Å². The predicted molar refractivity (Wildman–Crippen MR) is 72.3 cm³/mol. The van der Waals surface area contributed by atoms with Gasteiger partial charge < -0.3 is 10.4 Å². The lowest BCUT2D eigenvalue weighted by Crippen LogP contribution is -2.27. The highest BCUT2D eigenvalue weighted by atomic mass is 32.2. The molecule has 1 saturated carbocycles. The molecular formula is C11H16N2O2S2. The second-order valence-electron chi connectivity index (χ2n) is 4.20. The average molecular weight is 272 g/mol. The molecule has 1 aliphatic carbocycles. The number of thiazole rings is 1. The van der Waals surface area contributed by atoms with Crippen molar-refractivity contribution in [1.29, 1.82) is 0 Å². The minimum absolute atomic E-state index is 0.135. The van der Waals surface area contributed by atoms with Crippen LogP contribution >= 0.6 is 23.1 Å². The number of hydrogen-bond donors (Lipinski definition) is 2. The van der Waals surface area contributed by atoms with Crippen molar-refractivity contribution in [2.24, 2.45) is 0 Å². The second kappa shape index (κ2) is 5.73. The Morgan fingerprint density at radius 1 is 1.53 bits per heavy atom. The maximum atomic E-state index is 10.7. The van der Waals surface area contributed by atoms with Gasteiger partial charge in [0.2, 0.25) is 0 Å². The number of rotatable bonds is 4. The number of thioether (sulfide) groups is 1. The molecule has 94 valence electrons. The van der Waals surface area contributed by atoms with Crippen molar-refractivity contribution in [3.63, 3.8) is 0 Å². The number of carbonyl (C=O) groups is 1. The van der Waals surface area contributed by atoms with Crippen LogP contribution in [0.5, 0.6) is 0 Å². The van der Waals surface area contributed by atoms with Crippen molar-refractivity contribution in [1.82, 2.24) is 4.98 Å². The van der Waals surface area contributed by atoms with Gasteiger partial charge in [0.05, 0.1) is 0 Å². The van der Waals surface area contributed by atoms with Crippen LogP contribution in [-0.4, -0.2) is 33.6 Å². The summed E-state index contributed by atoms with van der Waals surface area (Å²) in [5.74, 6) is -0.958. The fourth-order valence-electron chi connectivity index (χ4n) is 2.06. The lowest BCUT2D eigenvalue weighted by Gasteiger charge is -2.27. The molecule has 0 saturated heterocycles. The van der Waals surface area contributed by atoms with E-state index in [1.54, 1.807) is 5.38 Å². The molecule has 0 atom stereocenters. The number of carboxylic acid groups (broad SMARTS) is 1. The molecule has 4 nitrogen and oxygen atoms in total. The van der Waals surface area contributed by atoms with Crippen LogP contribution in [0.4, 0.5) is 5.13 Å². The molecule has 17 heavy (non-hydrogen) atoms. The molecule has 1 aliphatic rings. The number of carboxylic acids is 1. The van der Waals surface area contributed by atoms with Crippen molar-refractivity contribution in [2.75, 3.05) is 11.6 Å². The van der Waals surface area contributed by atoms with E-state index in [0.717, 1.165) is 23.2 Å². The van der Waals surface area contributed by atoms with Crippen molar-refractivity contribution >= 4 is 34.2 Å². The monoisotopic (exact) mass is 272 g/mol. The maximum absolute atomic E-state index is 10.7. The highest BCUT2D eigenvalue weighted by Gasteiger charge is 2.21. The van der Waals surface area contributed by atoms with Crippen LogP contribution in [0.25, 0.3) is 0 Å². The summed E-state index contributed by atoms with van der Waals surface area (Å²) in [6.45, 7) is 0. The highest BCUT2D eigenvalue weighted by Crippen LogP contribution is 2.29. The number of anilines is 1. The van der Waals surface area contributed by atoms with Gasteiger partial charge >= 0.3 is 5.97 Å². The van der Waals surface area contributed by atoms with Crippen molar-refractivity contribution in [3.8, 4) is 0 Å². The number of aromatic carboxylic acids is 1. The van der Waals surface area contributed by atoms with E-state index in [1.165, 1.54) is 24.2 Å². The molecule has 0 bridgehead atoms. The Bertz CT molecular complexity index is 387. The average Bonchev–Trinajstić information content (AvgIpc) is 2.79. The molecule has 6 heteroatoms. The molecule has 0 aliphatic heterocycles. The van der Waals surface area contributed by atoms with E-state index in [4.69, 9.17) is 5.11 Å². The summed E-state index contributed by atoms with van der Waals surface area (Å²) in [5.41, 5.74) is 0.135. The minimum Gasteiger partial charge on any atom is -0.476 e. The Morgan fingerprint density at radius 3 is 2.76 bits per heavy atom. The van der Waals surface area contributed by atoms with Gasteiger partial charge in [0.1, 0.15) is 0 Å². The third-order valence-electron chi connectivity index (χ3n) is 3.06. The number of hydrogen-bond acceptors (Lipinski definition) is 5. The SMILES string of the molecule is CSC1CCC(Nc2nc(C(=O)O)cs2)CC1. The smallest absolute Gasteiger partial charge is 0.355 e. The van der Waals surface area contributed by atoms with E-state index in [9.17, 15) is 4.79 Å². The Morgan fingerprint density at radius 2 is 2.24 bits per heavy atom. The van der Waals surface area contributed by atoms with E-state index >= 15 is 0 Å². The van der Waals surface area contributed by atoms with Crippen LogP contribution in [0.3, 0.4) is 0 Å². The fraction of sp³-hybridized carbons (Fsp3) is 0.636. The molecule has 0 radical (unpaired) electrons. The van der Waals surface area contributed by atoms with E-state index < -0.39 is 5.97 Å². The van der Waals surface area contributed by atoms with Gasteiger partial charge in [-0.15, -0.1) is 11.3 Å². The molecule has 2 rings (SSSR count). The molecule has 0 amide bonds. The summed E-state index contributed by atoms with van der Waals surface area (Å²) in [5, 5.41) is 15.2. The zero-order chi connectivity index (χ0) is 12.3. The van der Waals surface area contributed by atoms with Gasteiger partial charge in [-0.3, -0.25) is 0 Å². The molecule has 2 N–H and O–H groups in total. The van der Waals surface area contributed by atoms with Crippen molar-refractivity contribution in [2.45, 2.75) is 37.0 Å². The third kappa shape index (κ3) is 3.35. The largest absolute Gasteiger partial charge is 0.476 e. The highest BCUT2D eigenvalue weighted by molar-refractivity contribution is 7.99. The quantitative estimate of drug-likeness (QED) is 0.882. The van der Waals surface area contributed by atoms with E-state index in [1.807, 2.05) is 11.8 Å². The molecule has 1 fully saturated rings. The summed E-state index contributed by atoms with van der Waals surface area (Å²) >= 11 is 3.31. The van der Waals surface area contributed by atoms with Crippen molar-refractivity contribution < 1.29 is 9.90 Å². The fourth-order valence-corrected chi connectivity index (χ4v) is 3.56. The van der Waals surface area contributed by atoms with Gasteiger partial charge in [-0.05, 0) is 31.9 Å². The lowest BCUT2D eigenvalue weighted by atomic mass is 9.95. The zero-order valence-electron chi connectivity index (χ0n) is 9.68. The van der Waals surface area contributed by atoms with Gasteiger partial charge in [0.25, 0.3) is 0 Å². The van der Waals surface area contributed by atoms with E-state index in [2.05, 4.69) is 16.6 Å². The summed E-state index contributed by atoms with van der Waals surface area (Å²) in [6, 6.07) is 0.450. The van der Waals surface area contributed by atoms with Crippen LogP contribution in [0, 0.1) is 0 Å². The Kier molecular flexibility index (Phi) is 4.28. The van der Waals surface area contributed by atoms with Crippen LogP contribution in [0.15, 0.2) is 5.38 Å². The normalized spacial score (nSPS) is 24.5. The molecule has 0 spiro atoms. The standard InChI is InChI=1S/C11H16N2O2S2/c1-16-8-4-2-7(3-5-8)12-11-13-9(6-17-11)10(14)15/h6-8H,2-5H2,1H3,(H,12,13)(H,14,15). The van der Waals surface area contributed by atoms with Crippen molar-refractivity contribution in [3.05, 3.63) is 11.1 Å². The van der Waals surface area contributed by atoms with Gasteiger partial charge in [0.15, 0.2) is 10.8 Å². The molecule has 0 aromatic carbocycles. The van der Waals surface area contributed by atoms with Gasteiger partial charge in [-0.2, -0.15) is 11.8 Å². The summed E-state index contributed by atoms with van der Waals surface area (Å²) in [4.78, 5) is 14.7. The predicted octanol–water partition coefficient (Wildman–Crippen LogP) is 2.93. The summed E-state index contributed by atoms with van der Waals surface area (Å²) < 4.78 is 0. The molecule has 0 unspecified atom stereocenters. The Labute approximate surface area is 109 Å². The van der Waals surface area contributed by atoms with Crippen LogP contribution in [0.2, 0.25) is 0 Å². The first-order valence-corrected chi connectivity index (χ1v) is 7.84. The molecule has 1 aromatic heterocycles. The van der Waals surface area contributed by atoms with Gasteiger partial charge in [0, 0.05) is 16.7 Å². The zero-order valence-corrected chi connectivity index (χ0v) is 11.3. The van der Waals surface area contributed by atoms with Gasteiger partial charge in [-0.1, -0.05) is 0 Å². The first-order valence-electron chi connectivity index (χ1n) is 5.67. The number of aromatic nitrogens is 1. The van der Waals surface area contributed by atoms with E-state index in [0.29, 0.717) is 6.04 Å². The molecule has 1 heterocycles. The Hall–Kier alpha value is -0.750. The van der Waals surface area contributed by atoms with E-state index in [-0.39, 0.29) is 5.69 Å². The first-order chi connectivity index (χ1) is 8.19. The Balaban J connectivity index is 1.86. The molecule has 1 aromatic rings. The minimum atomic E-state index is -0.958. The van der Waals surface area contributed by atoms with Crippen LogP contribution in [-0.2, 0) is 0 Å². The lowest BCUT2D eigenvalue weighted by molar-refractivity contribution is 0.0691.